The molecule has 1 aromatic rings. The quantitative estimate of drug-likeness (QED) is 0.565. The Bertz CT molecular complexity index is 337. The smallest absolute Gasteiger partial charge is 0.108 e. The number of rotatable bonds is 0. The van der Waals surface area contributed by atoms with Crippen molar-refractivity contribution in [2.45, 2.75) is 6.42 Å². The molecule has 0 aliphatic carbocycles. The van der Waals surface area contributed by atoms with E-state index >= 15 is 0 Å². The minimum absolute atomic E-state index is 0.256. The van der Waals surface area contributed by atoms with E-state index in [0.29, 0.717) is 4.34 Å². The van der Waals surface area contributed by atoms with E-state index in [1.54, 1.807) is 0 Å². The molecule has 0 aromatic carbocycles. The maximum absolute atomic E-state index is 8.18. The molecule has 0 bridgehead atoms. The van der Waals surface area contributed by atoms with Gasteiger partial charge in [0.25, 0.3) is 0 Å². The van der Waals surface area contributed by atoms with E-state index in [4.69, 9.17) is 16.9 Å². The summed E-state index contributed by atoms with van der Waals surface area (Å²) in [6.07, 6.45) is 0.256. The molecular weight excluding hydrogens is 178 g/mol. The van der Waals surface area contributed by atoms with Gasteiger partial charge in [-0.05, 0) is 11.4 Å². The summed E-state index contributed by atoms with van der Waals surface area (Å²) in [7, 11) is 0. The van der Waals surface area contributed by atoms with Gasteiger partial charge in [-0.2, -0.15) is 5.26 Å². The van der Waals surface area contributed by atoms with E-state index in [-0.39, 0.29) is 6.42 Å². The van der Waals surface area contributed by atoms with Crippen LogP contribution in [0.5, 0.6) is 0 Å². The SMILES string of the molecule is N#CCC#Cc1ccsc1Cl. The Hall–Kier alpha value is -0.960. The summed E-state index contributed by atoms with van der Waals surface area (Å²) in [6.45, 7) is 0. The Morgan fingerprint density at radius 3 is 3.00 bits per heavy atom. The molecule has 3 heteroatoms. The summed E-state index contributed by atoms with van der Waals surface area (Å²) in [5.74, 6) is 5.49. The van der Waals surface area contributed by atoms with Crippen LogP contribution < -0.4 is 0 Å². The standard InChI is InChI=1S/C8H4ClNS/c9-8-7(4-6-11-8)3-1-2-5-10/h4,6H,2H2. The highest BCUT2D eigenvalue weighted by atomic mass is 35.5. The molecule has 0 saturated carbocycles. The Morgan fingerprint density at radius 2 is 2.45 bits per heavy atom. The third-order valence-electron chi connectivity index (χ3n) is 1.01. The van der Waals surface area contributed by atoms with Gasteiger partial charge in [-0.25, -0.2) is 0 Å². The van der Waals surface area contributed by atoms with Crippen LogP contribution >= 0.6 is 22.9 Å². The van der Waals surface area contributed by atoms with Crippen molar-refractivity contribution in [1.29, 1.82) is 5.26 Å². The summed E-state index contributed by atoms with van der Waals surface area (Å²) in [4.78, 5) is 0. The van der Waals surface area contributed by atoms with Crippen molar-refractivity contribution >= 4 is 22.9 Å². The summed E-state index contributed by atoms with van der Waals surface area (Å²) < 4.78 is 0.690. The molecule has 0 aliphatic rings. The zero-order chi connectivity index (χ0) is 8.10. The van der Waals surface area contributed by atoms with E-state index in [9.17, 15) is 0 Å². The highest BCUT2D eigenvalue weighted by molar-refractivity contribution is 7.14. The Morgan fingerprint density at radius 1 is 1.64 bits per heavy atom. The summed E-state index contributed by atoms with van der Waals surface area (Å²) in [5.41, 5.74) is 0.812. The van der Waals surface area contributed by atoms with Crippen molar-refractivity contribution in [3.63, 3.8) is 0 Å². The largest absolute Gasteiger partial charge is 0.197 e. The maximum atomic E-state index is 8.18. The van der Waals surface area contributed by atoms with Crippen LogP contribution in [-0.2, 0) is 0 Å². The van der Waals surface area contributed by atoms with E-state index in [1.807, 2.05) is 17.5 Å². The molecular formula is C8H4ClNS. The summed E-state index contributed by atoms with van der Waals surface area (Å²) in [5, 5.41) is 10.1. The van der Waals surface area contributed by atoms with Gasteiger partial charge in [-0.3, -0.25) is 0 Å². The van der Waals surface area contributed by atoms with Crippen molar-refractivity contribution in [1.82, 2.24) is 0 Å². The first-order valence-corrected chi connectivity index (χ1v) is 4.19. The van der Waals surface area contributed by atoms with Gasteiger partial charge in [0, 0.05) is 0 Å². The van der Waals surface area contributed by atoms with Crippen molar-refractivity contribution in [3.8, 4) is 17.9 Å². The summed E-state index contributed by atoms with van der Waals surface area (Å²) in [6, 6.07) is 3.78. The fourth-order valence-corrected chi connectivity index (χ4v) is 1.39. The third kappa shape index (κ3) is 2.27. The predicted molar refractivity (Wildman–Crippen MR) is 46.4 cm³/mol. The van der Waals surface area contributed by atoms with Crippen LogP contribution in [0.2, 0.25) is 4.34 Å². The van der Waals surface area contributed by atoms with Crippen LogP contribution in [0, 0.1) is 23.2 Å². The van der Waals surface area contributed by atoms with E-state index in [0.717, 1.165) is 5.56 Å². The van der Waals surface area contributed by atoms with Crippen molar-refractivity contribution in [3.05, 3.63) is 21.3 Å². The summed E-state index contributed by atoms with van der Waals surface area (Å²) >= 11 is 7.19. The van der Waals surface area contributed by atoms with Gasteiger partial charge in [-0.1, -0.05) is 23.4 Å². The van der Waals surface area contributed by atoms with Gasteiger partial charge >= 0.3 is 0 Å². The normalized spacial score (nSPS) is 8.00. The number of nitrogens with zero attached hydrogens (tertiary/aromatic N) is 1. The van der Waals surface area contributed by atoms with Gasteiger partial charge in [0.15, 0.2) is 0 Å². The van der Waals surface area contributed by atoms with E-state index in [2.05, 4.69) is 11.8 Å². The number of hydrogen-bond acceptors (Lipinski definition) is 2. The predicted octanol–water partition coefficient (Wildman–Crippen LogP) is 2.67. The molecule has 0 spiro atoms. The molecule has 0 saturated heterocycles. The first kappa shape index (κ1) is 8.14. The van der Waals surface area contributed by atoms with Crippen molar-refractivity contribution in [2.24, 2.45) is 0 Å². The maximum Gasteiger partial charge on any atom is 0.108 e. The second-order valence-corrected chi connectivity index (χ2v) is 3.26. The van der Waals surface area contributed by atoms with Gasteiger partial charge in [0.1, 0.15) is 4.34 Å². The van der Waals surface area contributed by atoms with Gasteiger partial charge in [-0.15, -0.1) is 11.3 Å². The fourth-order valence-electron chi connectivity index (χ4n) is 0.561. The minimum Gasteiger partial charge on any atom is -0.197 e. The molecule has 0 atom stereocenters. The molecule has 1 nitrogen and oxygen atoms in total. The molecule has 0 fully saturated rings. The number of nitriles is 1. The van der Waals surface area contributed by atoms with Gasteiger partial charge in [0.05, 0.1) is 18.1 Å². The molecule has 54 valence electrons. The zero-order valence-electron chi connectivity index (χ0n) is 5.60. The fraction of sp³-hybridized carbons (Fsp3) is 0.125. The topological polar surface area (TPSA) is 23.8 Å². The Kier molecular flexibility index (Phi) is 2.98. The monoisotopic (exact) mass is 181 g/mol. The average molecular weight is 182 g/mol. The third-order valence-corrected chi connectivity index (χ3v) is 2.18. The van der Waals surface area contributed by atoms with Crippen LogP contribution in [0.1, 0.15) is 12.0 Å². The molecule has 1 heterocycles. The molecule has 0 radical (unpaired) electrons. The Labute approximate surface area is 74.2 Å². The lowest BCUT2D eigenvalue weighted by molar-refractivity contribution is 1.40. The van der Waals surface area contributed by atoms with Crippen LogP contribution in [0.3, 0.4) is 0 Å². The van der Waals surface area contributed by atoms with Gasteiger partial charge < -0.3 is 0 Å². The number of hydrogen-bond donors (Lipinski definition) is 0. The van der Waals surface area contributed by atoms with Gasteiger partial charge in [0.2, 0.25) is 0 Å². The van der Waals surface area contributed by atoms with Crippen molar-refractivity contribution < 1.29 is 0 Å². The van der Waals surface area contributed by atoms with E-state index in [1.165, 1.54) is 11.3 Å². The molecule has 0 N–H and O–H groups in total. The second-order valence-electron chi connectivity index (χ2n) is 1.74. The molecule has 1 rings (SSSR count). The molecule has 11 heavy (non-hydrogen) atoms. The average Bonchev–Trinajstić information content (AvgIpc) is 2.37. The van der Waals surface area contributed by atoms with Crippen LogP contribution in [0.4, 0.5) is 0 Å². The highest BCUT2D eigenvalue weighted by Crippen LogP contribution is 2.21. The lowest BCUT2D eigenvalue weighted by Crippen LogP contribution is -1.65. The lowest BCUT2D eigenvalue weighted by atomic mass is 10.3. The lowest BCUT2D eigenvalue weighted by Gasteiger charge is -1.79. The molecule has 0 unspecified atom stereocenters. The molecule has 1 aromatic heterocycles. The first-order chi connectivity index (χ1) is 5.34. The molecule has 0 amide bonds. The van der Waals surface area contributed by atoms with Crippen LogP contribution in [0.25, 0.3) is 0 Å². The highest BCUT2D eigenvalue weighted by Gasteiger charge is 1.94. The van der Waals surface area contributed by atoms with Crippen LogP contribution in [0.15, 0.2) is 11.4 Å². The van der Waals surface area contributed by atoms with E-state index < -0.39 is 0 Å². The zero-order valence-corrected chi connectivity index (χ0v) is 7.17. The second kappa shape index (κ2) is 4.03. The first-order valence-electron chi connectivity index (χ1n) is 2.93. The number of halogens is 1. The van der Waals surface area contributed by atoms with Crippen molar-refractivity contribution in [2.75, 3.05) is 0 Å². The minimum atomic E-state index is 0.256. The van der Waals surface area contributed by atoms with Crippen LogP contribution in [-0.4, -0.2) is 0 Å². The molecule has 0 aliphatic heterocycles. The Balaban J connectivity index is 2.75. The number of thiophene rings is 1.